The summed E-state index contributed by atoms with van der Waals surface area (Å²) >= 11 is 5.90. The van der Waals surface area contributed by atoms with Gasteiger partial charge in [0.15, 0.2) is 5.78 Å². The molecule has 2 aromatic carbocycles. The number of anilines is 1. The maximum Gasteiger partial charge on any atom is 0.263 e. The molecule has 8 nitrogen and oxygen atoms in total. The molecule has 0 spiro atoms. The van der Waals surface area contributed by atoms with Crippen molar-refractivity contribution in [3.8, 4) is 22.8 Å². The zero-order chi connectivity index (χ0) is 22.7. The van der Waals surface area contributed by atoms with Crippen LogP contribution in [0.5, 0.6) is 0 Å². The Kier molecular flexibility index (Phi) is 5.96. The molecule has 0 saturated carbocycles. The second-order valence-electron chi connectivity index (χ2n) is 6.97. The largest absolute Gasteiger partial charge is 0.333 e. The van der Waals surface area contributed by atoms with Gasteiger partial charge in [-0.2, -0.15) is 4.98 Å². The average Bonchev–Trinajstić information content (AvgIpc) is 3.26. The summed E-state index contributed by atoms with van der Waals surface area (Å²) in [6.45, 7) is 1.22. The predicted octanol–water partition coefficient (Wildman–Crippen LogP) is 4.06. The van der Waals surface area contributed by atoms with Crippen LogP contribution < -0.4 is 10.9 Å². The van der Waals surface area contributed by atoms with E-state index in [1.54, 1.807) is 60.7 Å². The number of Topliss-reactive ketones (excluding diaryl/α,β-unsaturated/α-hetero) is 1. The smallest absolute Gasteiger partial charge is 0.263 e. The third kappa shape index (κ3) is 4.65. The number of hydrogen-bond acceptors (Lipinski definition) is 6. The molecule has 0 atom stereocenters. The van der Waals surface area contributed by atoms with Crippen molar-refractivity contribution in [2.75, 3.05) is 5.32 Å². The van der Waals surface area contributed by atoms with Crippen LogP contribution in [-0.4, -0.2) is 26.4 Å². The van der Waals surface area contributed by atoms with Crippen molar-refractivity contribution in [1.29, 1.82) is 0 Å². The summed E-state index contributed by atoms with van der Waals surface area (Å²) in [5, 5.41) is 7.19. The van der Waals surface area contributed by atoms with Gasteiger partial charge in [0, 0.05) is 28.0 Å². The predicted molar refractivity (Wildman–Crippen MR) is 120 cm³/mol. The van der Waals surface area contributed by atoms with Crippen LogP contribution in [0.2, 0.25) is 5.02 Å². The molecule has 0 aliphatic rings. The van der Waals surface area contributed by atoms with E-state index in [-0.39, 0.29) is 23.8 Å². The summed E-state index contributed by atoms with van der Waals surface area (Å²) in [7, 11) is 0. The summed E-state index contributed by atoms with van der Waals surface area (Å²) in [6.07, 6.45) is 1.49. The molecule has 0 radical (unpaired) electrons. The molecule has 4 aromatic rings. The highest BCUT2D eigenvalue weighted by Crippen LogP contribution is 2.21. The number of aromatic nitrogens is 3. The van der Waals surface area contributed by atoms with Gasteiger partial charge in [0.05, 0.1) is 0 Å². The normalized spacial score (nSPS) is 10.7. The number of nitrogens with zero attached hydrogens (tertiary/aromatic N) is 3. The molecule has 0 fully saturated rings. The Morgan fingerprint density at radius 2 is 1.88 bits per heavy atom. The van der Waals surface area contributed by atoms with Gasteiger partial charge in [-0.15, -0.1) is 0 Å². The van der Waals surface area contributed by atoms with Gasteiger partial charge in [-0.05, 0) is 55.5 Å². The molecule has 0 saturated heterocycles. The maximum atomic E-state index is 12.9. The first-order valence-electron chi connectivity index (χ1n) is 9.61. The number of rotatable bonds is 6. The summed E-state index contributed by atoms with van der Waals surface area (Å²) < 4.78 is 6.51. The van der Waals surface area contributed by atoms with E-state index in [0.717, 1.165) is 0 Å². The molecule has 1 amide bonds. The minimum absolute atomic E-state index is 0.0452. The lowest BCUT2D eigenvalue weighted by molar-refractivity contribution is -0.116. The van der Waals surface area contributed by atoms with Gasteiger partial charge in [0.2, 0.25) is 11.7 Å². The van der Waals surface area contributed by atoms with Gasteiger partial charge in [-0.1, -0.05) is 28.9 Å². The van der Waals surface area contributed by atoms with Crippen LogP contribution in [0.25, 0.3) is 22.8 Å². The first kappa shape index (κ1) is 21.2. The fraction of sp³-hybridized carbons (Fsp3) is 0.0870. The minimum Gasteiger partial charge on any atom is -0.333 e. The van der Waals surface area contributed by atoms with Crippen LogP contribution >= 0.6 is 11.6 Å². The van der Waals surface area contributed by atoms with Crippen LogP contribution in [-0.2, 0) is 11.3 Å². The Bertz CT molecular complexity index is 1360. The third-order valence-corrected chi connectivity index (χ3v) is 4.90. The quantitative estimate of drug-likeness (QED) is 0.446. The van der Waals surface area contributed by atoms with Crippen LogP contribution in [0.1, 0.15) is 17.3 Å². The van der Waals surface area contributed by atoms with Crippen molar-refractivity contribution >= 4 is 29.0 Å². The number of carbonyl (C=O) groups is 2. The van der Waals surface area contributed by atoms with Crippen molar-refractivity contribution in [3.63, 3.8) is 0 Å². The highest BCUT2D eigenvalue weighted by Gasteiger charge is 2.16. The number of amides is 1. The molecule has 1 N–H and O–H groups in total. The van der Waals surface area contributed by atoms with Gasteiger partial charge in [0.1, 0.15) is 12.1 Å². The van der Waals surface area contributed by atoms with E-state index in [0.29, 0.717) is 27.7 Å². The molecule has 9 heteroatoms. The van der Waals surface area contributed by atoms with Crippen molar-refractivity contribution in [3.05, 3.63) is 87.8 Å². The number of ketones is 1. The summed E-state index contributed by atoms with van der Waals surface area (Å²) in [6, 6.07) is 16.6. The van der Waals surface area contributed by atoms with Crippen LogP contribution in [0.4, 0.5) is 5.69 Å². The second kappa shape index (κ2) is 8.99. The van der Waals surface area contributed by atoms with Crippen molar-refractivity contribution in [2.45, 2.75) is 13.5 Å². The maximum absolute atomic E-state index is 12.9. The monoisotopic (exact) mass is 448 g/mol. The van der Waals surface area contributed by atoms with Crippen molar-refractivity contribution in [1.82, 2.24) is 14.7 Å². The SMILES string of the molecule is CC(=O)c1cccc(NC(=O)Cn2cccc(-c3nc(-c4ccc(Cl)cc4)no3)c2=O)c1. The number of benzene rings is 2. The summed E-state index contributed by atoms with van der Waals surface area (Å²) in [5.41, 5.74) is 1.36. The highest BCUT2D eigenvalue weighted by molar-refractivity contribution is 6.30. The Morgan fingerprint density at radius 1 is 1.09 bits per heavy atom. The first-order valence-corrected chi connectivity index (χ1v) is 9.99. The number of carbonyl (C=O) groups excluding carboxylic acids is 2. The summed E-state index contributed by atoms with van der Waals surface area (Å²) in [4.78, 5) is 41.1. The lowest BCUT2D eigenvalue weighted by Crippen LogP contribution is -2.28. The fourth-order valence-corrected chi connectivity index (χ4v) is 3.17. The van der Waals surface area contributed by atoms with Gasteiger partial charge in [-0.25, -0.2) is 0 Å². The minimum atomic E-state index is -0.452. The molecular formula is C23H17ClN4O4. The molecule has 0 unspecified atom stereocenters. The Labute approximate surface area is 187 Å². The Balaban J connectivity index is 1.53. The first-order chi connectivity index (χ1) is 15.4. The number of nitrogens with one attached hydrogen (secondary N) is 1. The topological polar surface area (TPSA) is 107 Å². The van der Waals surface area contributed by atoms with E-state index in [2.05, 4.69) is 15.5 Å². The van der Waals surface area contributed by atoms with Crippen molar-refractivity contribution < 1.29 is 14.1 Å². The zero-order valence-electron chi connectivity index (χ0n) is 16.9. The highest BCUT2D eigenvalue weighted by atomic mass is 35.5. The second-order valence-corrected chi connectivity index (χ2v) is 7.41. The van der Waals surface area contributed by atoms with E-state index in [9.17, 15) is 14.4 Å². The van der Waals surface area contributed by atoms with E-state index in [4.69, 9.17) is 16.1 Å². The number of pyridine rings is 1. The molecule has 0 bridgehead atoms. The lowest BCUT2D eigenvalue weighted by atomic mass is 10.1. The van der Waals surface area contributed by atoms with E-state index in [1.165, 1.54) is 17.7 Å². The standard InChI is InChI=1S/C23H17ClN4O4/c1-14(29)16-4-2-5-18(12-16)25-20(30)13-28-11-3-6-19(23(28)31)22-26-21(27-32-22)15-7-9-17(24)10-8-15/h2-12H,13H2,1H3,(H,25,30). The molecule has 0 aliphatic carbocycles. The third-order valence-electron chi connectivity index (χ3n) is 4.65. The average molecular weight is 449 g/mol. The Hall–Kier alpha value is -4.04. The molecule has 0 aliphatic heterocycles. The summed E-state index contributed by atoms with van der Waals surface area (Å²) in [5.74, 6) is -0.168. The van der Waals surface area contributed by atoms with Gasteiger partial charge >= 0.3 is 0 Å². The van der Waals surface area contributed by atoms with E-state index in [1.807, 2.05) is 0 Å². The fourth-order valence-electron chi connectivity index (χ4n) is 3.04. The van der Waals surface area contributed by atoms with Gasteiger partial charge in [-0.3, -0.25) is 14.4 Å². The van der Waals surface area contributed by atoms with Crippen LogP contribution in [0.15, 0.2) is 76.2 Å². The molecule has 4 rings (SSSR count). The molecule has 32 heavy (non-hydrogen) atoms. The molecule has 160 valence electrons. The van der Waals surface area contributed by atoms with Gasteiger partial charge < -0.3 is 14.4 Å². The Morgan fingerprint density at radius 3 is 2.62 bits per heavy atom. The van der Waals surface area contributed by atoms with Crippen LogP contribution in [0.3, 0.4) is 0 Å². The molecule has 2 heterocycles. The molecule has 2 aromatic heterocycles. The number of hydrogen-bond donors (Lipinski definition) is 1. The van der Waals surface area contributed by atoms with E-state index < -0.39 is 11.5 Å². The molecular weight excluding hydrogens is 432 g/mol. The lowest BCUT2D eigenvalue weighted by Gasteiger charge is -2.09. The van der Waals surface area contributed by atoms with E-state index >= 15 is 0 Å². The van der Waals surface area contributed by atoms with Crippen molar-refractivity contribution in [2.24, 2.45) is 0 Å². The van der Waals surface area contributed by atoms with Gasteiger partial charge in [0.25, 0.3) is 11.4 Å². The zero-order valence-corrected chi connectivity index (χ0v) is 17.7. The van der Waals surface area contributed by atoms with Crippen LogP contribution in [0, 0.1) is 0 Å². The number of halogens is 1.